The third kappa shape index (κ3) is 3.19. The topological polar surface area (TPSA) is 93.4 Å². The lowest BCUT2D eigenvalue weighted by molar-refractivity contribution is -0.132. The van der Waals surface area contributed by atoms with Crippen LogP contribution in [-0.4, -0.2) is 46.3 Å². The minimum absolute atomic E-state index is 0.0292. The van der Waals surface area contributed by atoms with E-state index in [1.54, 1.807) is 34.9 Å². The number of amides is 1. The van der Waals surface area contributed by atoms with E-state index in [9.17, 15) is 9.59 Å². The molecule has 2 N–H and O–H groups in total. The van der Waals surface area contributed by atoms with Gasteiger partial charge in [-0.05, 0) is 30.5 Å². The highest BCUT2D eigenvalue weighted by Crippen LogP contribution is 2.34. The first-order valence-corrected chi connectivity index (χ1v) is 8.56. The summed E-state index contributed by atoms with van der Waals surface area (Å²) in [6.07, 6.45) is 1.61. The Hall–Kier alpha value is -2.04. The normalized spacial score (nSPS) is 26.9. The summed E-state index contributed by atoms with van der Waals surface area (Å²) >= 11 is 1.59. The van der Waals surface area contributed by atoms with Gasteiger partial charge < -0.3 is 10.0 Å². The molecule has 0 radical (unpaired) electrons. The van der Waals surface area contributed by atoms with E-state index in [1.165, 1.54) is 0 Å². The maximum atomic E-state index is 12.6. The molecule has 120 valence electrons. The van der Waals surface area contributed by atoms with Crippen molar-refractivity contribution in [1.29, 1.82) is 5.26 Å². The number of thioether (sulfide) groups is 1. The zero-order valence-electron chi connectivity index (χ0n) is 12.4. The van der Waals surface area contributed by atoms with Crippen molar-refractivity contribution in [3.63, 3.8) is 0 Å². The zero-order valence-corrected chi connectivity index (χ0v) is 13.3. The average Bonchev–Trinajstić information content (AvgIpc) is 3.23. The molecule has 0 spiro atoms. The summed E-state index contributed by atoms with van der Waals surface area (Å²) in [7, 11) is 0. The van der Waals surface area contributed by atoms with E-state index < -0.39 is 5.97 Å². The van der Waals surface area contributed by atoms with Crippen LogP contribution in [0.25, 0.3) is 0 Å². The molecule has 0 saturated carbocycles. The number of likely N-dealkylation sites (tertiary alicyclic amines) is 1. The number of aromatic carboxylic acids is 1. The van der Waals surface area contributed by atoms with Gasteiger partial charge in [-0.15, -0.1) is 11.8 Å². The number of nitrogens with one attached hydrogen (secondary N) is 1. The lowest BCUT2D eigenvalue weighted by Crippen LogP contribution is -2.46. The first kappa shape index (κ1) is 15.8. The van der Waals surface area contributed by atoms with Gasteiger partial charge in [0.1, 0.15) is 6.04 Å². The van der Waals surface area contributed by atoms with Crippen molar-refractivity contribution in [2.24, 2.45) is 0 Å². The largest absolute Gasteiger partial charge is 0.478 e. The van der Waals surface area contributed by atoms with Gasteiger partial charge in [0.05, 0.1) is 23.0 Å². The van der Waals surface area contributed by atoms with Crippen LogP contribution in [0.5, 0.6) is 0 Å². The Balaban J connectivity index is 1.69. The van der Waals surface area contributed by atoms with Crippen molar-refractivity contribution in [3.05, 3.63) is 35.4 Å². The molecule has 1 unspecified atom stereocenters. The smallest absolute Gasteiger partial charge is 0.335 e. The second kappa shape index (κ2) is 6.60. The van der Waals surface area contributed by atoms with Crippen molar-refractivity contribution in [1.82, 2.24) is 10.2 Å². The van der Waals surface area contributed by atoms with E-state index in [0.29, 0.717) is 12.3 Å². The lowest BCUT2D eigenvalue weighted by atomic mass is 10.1. The molecule has 2 saturated heterocycles. The number of carbonyl (C=O) groups is 2. The van der Waals surface area contributed by atoms with Crippen molar-refractivity contribution < 1.29 is 14.7 Å². The van der Waals surface area contributed by atoms with Crippen LogP contribution in [0.3, 0.4) is 0 Å². The van der Waals surface area contributed by atoms with Crippen molar-refractivity contribution in [2.75, 3.05) is 12.3 Å². The Morgan fingerprint density at radius 3 is 3.00 bits per heavy atom. The van der Waals surface area contributed by atoms with Gasteiger partial charge >= 0.3 is 5.97 Å². The number of nitrogens with zero attached hydrogens (tertiary/aromatic N) is 2. The highest BCUT2D eigenvalue weighted by Gasteiger charge is 2.37. The van der Waals surface area contributed by atoms with Gasteiger partial charge in [0, 0.05) is 12.3 Å². The minimum atomic E-state index is -0.962. The van der Waals surface area contributed by atoms with Crippen LogP contribution < -0.4 is 5.32 Å². The third-order valence-corrected chi connectivity index (χ3v) is 5.47. The predicted octanol–water partition coefficient (Wildman–Crippen LogP) is 1.60. The molecule has 3 rings (SSSR count). The average molecular weight is 331 g/mol. The van der Waals surface area contributed by atoms with Gasteiger partial charge in [-0.1, -0.05) is 12.1 Å². The molecule has 3 atom stereocenters. The maximum Gasteiger partial charge on any atom is 0.335 e. The van der Waals surface area contributed by atoms with Gasteiger partial charge in [-0.3, -0.25) is 10.1 Å². The molecule has 1 amide bonds. The molecule has 2 aliphatic rings. The summed E-state index contributed by atoms with van der Waals surface area (Å²) in [6, 6.07) is 8.30. The molecule has 23 heavy (non-hydrogen) atoms. The summed E-state index contributed by atoms with van der Waals surface area (Å²) < 4.78 is 0. The Bertz CT molecular complexity index is 673. The molecule has 1 aromatic carbocycles. The number of hydrogen-bond acceptors (Lipinski definition) is 5. The second-order valence-corrected chi connectivity index (χ2v) is 6.82. The van der Waals surface area contributed by atoms with E-state index in [-0.39, 0.29) is 28.9 Å². The lowest BCUT2D eigenvalue weighted by Gasteiger charge is -2.23. The third-order valence-electron chi connectivity index (χ3n) is 4.20. The fourth-order valence-corrected chi connectivity index (χ4v) is 4.23. The molecule has 0 bridgehead atoms. The number of rotatable bonds is 3. The molecule has 2 aliphatic heterocycles. The minimum Gasteiger partial charge on any atom is -0.478 e. The van der Waals surface area contributed by atoms with Crippen LogP contribution in [0.1, 0.15) is 34.1 Å². The van der Waals surface area contributed by atoms with Crippen molar-refractivity contribution in [3.8, 4) is 6.07 Å². The number of benzene rings is 1. The summed E-state index contributed by atoms with van der Waals surface area (Å²) in [5.74, 6) is -0.370. The van der Waals surface area contributed by atoms with Crippen molar-refractivity contribution in [2.45, 2.75) is 30.3 Å². The van der Waals surface area contributed by atoms with Gasteiger partial charge in [0.25, 0.3) is 0 Å². The zero-order chi connectivity index (χ0) is 16.4. The fourth-order valence-electron chi connectivity index (χ4n) is 3.01. The van der Waals surface area contributed by atoms with Gasteiger partial charge in [0.15, 0.2) is 0 Å². The van der Waals surface area contributed by atoms with Crippen LogP contribution in [-0.2, 0) is 4.79 Å². The highest BCUT2D eigenvalue weighted by atomic mass is 32.2. The summed E-state index contributed by atoms with van der Waals surface area (Å²) in [4.78, 5) is 25.3. The number of carboxylic acid groups (broad SMARTS) is 1. The number of hydrogen-bond donors (Lipinski definition) is 2. The Morgan fingerprint density at radius 2 is 2.26 bits per heavy atom. The Kier molecular flexibility index (Phi) is 4.55. The van der Waals surface area contributed by atoms with E-state index in [2.05, 4.69) is 11.4 Å². The van der Waals surface area contributed by atoms with Crippen LogP contribution in [0.15, 0.2) is 24.3 Å². The van der Waals surface area contributed by atoms with Gasteiger partial charge in [0.2, 0.25) is 5.91 Å². The van der Waals surface area contributed by atoms with Crippen LogP contribution in [0.4, 0.5) is 0 Å². The Morgan fingerprint density at radius 1 is 1.43 bits per heavy atom. The molecule has 2 fully saturated rings. The molecule has 0 aromatic heterocycles. The van der Waals surface area contributed by atoms with Crippen LogP contribution in [0.2, 0.25) is 0 Å². The van der Waals surface area contributed by atoms with Crippen LogP contribution in [0, 0.1) is 11.3 Å². The maximum absolute atomic E-state index is 12.6. The standard InChI is InChI=1S/C16H17N3O3S/c17-8-12-5-2-6-19(12)15(20)13-9-23-14(18-13)10-3-1-4-11(7-10)16(21)22/h1,3-4,7,12-14,18H,2,5-6,9H2,(H,21,22)/t12-,13-,14?/m0/s1. The van der Waals surface area contributed by atoms with E-state index in [1.807, 2.05) is 6.07 Å². The molecule has 7 heteroatoms. The molecule has 0 aliphatic carbocycles. The molecular weight excluding hydrogens is 314 g/mol. The molecular formula is C16H17N3O3S. The van der Waals surface area contributed by atoms with Crippen LogP contribution >= 0.6 is 11.8 Å². The highest BCUT2D eigenvalue weighted by molar-refractivity contribution is 7.99. The van der Waals surface area contributed by atoms with E-state index in [0.717, 1.165) is 18.4 Å². The molecule has 1 aromatic rings. The number of nitriles is 1. The van der Waals surface area contributed by atoms with Crippen molar-refractivity contribution >= 4 is 23.6 Å². The molecule has 2 heterocycles. The summed E-state index contributed by atoms with van der Waals surface area (Å²) in [6.45, 7) is 0.638. The van der Waals surface area contributed by atoms with E-state index >= 15 is 0 Å². The summed E-state index contributed by atoms with van der Waals surface area (Å²) in [5, 5.41) is 21.3. The second-order valence-electron chi connectivity index (χ2n) is 5.68. The van der Waals surface area contributed by atoms with E-state index in [4.69, 9.17) is 10.4 Å². The molecule has 6 nitrogen and oxygen atoms in total. The Labute approximate surface area is 138 Å². The number of carbonyl (C=O) groups excluding carboxylic acids is 1. The monoisotopic (exact) mass is 331 g/mol. The quantitative estimate of drug-likeness (QED) is 0.874. The first-order valence-electron chi connectivity index (χ1n) is 7.51. The first-order chi connectivity index (χ1) is 11.1. The summed E-state index contributed by atoms with van der Waals surface area (Å²) in [5.41, 5.74) is 1.09. The SMILES string of the molecule is N#C[C@@H]1CCCN1C(=O)[C@@H]1CSC(c2cccc(C(=O)O)c2)N1. The predicted molar refractivity (Wildman–Crippen MR) is 85.9 cm³/mol. The van der Waals surface area contributed by atoms with Gasteiger partial charge in [-0.2, -0.15) is 5.26 Å². The fraction of sp³-hybridized carbons (Fsp3) is 0.438. The number of carboxylic acids is 1. The van der Waals surface area contributed by atoms with Gasteiger partial charge in [-0.25, -0.2) is 4.79 Å².